The second-order valence-electron chi connectivity index (χ2n) is 4.42. The van der Waals surface area contributed by atoms with E-state index in [2.05, 4.69) is 17.2 Å². The number of carbonyl (C=O) groups excluding carboxylic acids is 1. The van der Waals surface area contributed by atoms with E-state index in [4.69, 9.17) is 16.7 Å². The molecule has 2 aromatic carbocycles. The fourth-order valence-electron chi connectivity index (χ4n) is 1.84. The molecular weight excluding hydrogens is 286 g/mol. The van der Waals surface area contributed by atoms with E-state index in [9.17, 15) is 4.79 Å². The van der Waals surface area contributed by atoms with Crippen LogP contribution in [0.1, 0.15) is 21.5 Å². The van der Waals surface area contributed by atoms with Gasteiger partial charge in [-0.3, -0.25) is 4.79 Å². The predicted octanol–water partition coefficient (Wildman–Crippen LogP) is 3.24. The van der Waals surface area contributed by atoms with Crippen LogP contribution in [0.4, 0.5) is 5.69 Å². The van der Waals surface area contributed by atoms with Crippen molar-refractivity contribution in [2.45, 2.75) is 6.92 Å². The molecule has 2 rings (SSSR count). The van der Waals surface area contributed by atoms with Crippen LogP contribution < -0.4 is 5.32 Å². The third-order valence-corrected chi connectivity index (χ3v) is 3.25. The van der Waals surface area contributed by atoms with E-state index in [-0.39, 0.29) is 12.5 Å². The number of aliphatic hydroxyl groups excluding tert-OH is 1. The Morgan fingerprint density at radius 1 is 1.29 bits per heavy atom. The smallest absolute Gasteiger partial charge is 0.256 e. The number of para-hydroxylation sites is 1. The molecule has 0 unspecified atom stereocenters. The van der Waals surface area contributed by atoms with Gasteiger partial charge in [0.2, 0.25) is 0 Å². The second kappa shape index (κ2) is 6.94. The van der Waals surface area contributed by atoms with Crippen LogP contribution in [0.3, 0.4) is 0 Å². The molecule has 0 atom stereocenters. The van der Waals surface area contributed by atoms with Crippen molar-refractivity contribution in [2.75, 3.05) is 11.9 Å². The molecule has 0 aromatic heterocycles. The molecule has 0 heterocycles. The van der Waals surface area contributed by atoms with Gasteiger partial charge < -0.3 is 10.4 Å². The molecule has 4 heteroatoms. The summed E-state index contributed by atoms with van der Waals surface area (Å²) in [5, 5.41) is 12.0. The van der Waals surface area contributed by atoms with E-state index in [1.54, 1.807) is 30.3 Å². The van der Waals surface area contributed by atoms with Crippen molar-refractivity contribution in [3.05, 3.63) is 64.2 Å². The van der Waals surface area contributed by atoms with E-state index < -0.39 is 0 Å². The van der Waals surface area contributed by atoms with Crippen molar-refractivity contribution in [1.82, 2.24) is 0 Å². The zero-order valence-corrected chi connectivity index (χ0v) is 12.2. The highest BCUT2D eigenvalue weighted by Gasteiger charge is 2.11. The van der Waals surface area contributed by atoms with E-state index in [1.807, 2.05) is 19.1 Å². The van der Waals surface area contributed by atoms with Crippen LogP contribution in [-0.2, 0) is 0 Å². The van der Waals surface area contributed by atoms with Gasteiger partial charge in [-0.25, -0.2) is 0 Å². The van der Waals surface area contributed by atoms with Crippen molar-refractivity contribution >= 4 is 23.2 Å². The molecule has 0 saturated carbocycles. The SMILES string of the molecule is Cc1ccc(C#CCO)cc1C(=O)Nc1ccccc1Cl. The van der Waals surface area contributed by atoms with Gasteiger partial charge in [0.25, 0.3) is 5.91 Å². The van der Waals surface area contributed by atoms with Gasteiger partial charge in [-0.05, 0) is 36.8 Å². The molecule has 106 valence electrons. The number of carbonyl (C=O) groups is 1. The van der Waals surface area contributed by atoms with Crippen LogP contribution in [0, 0.1) is 18.8 Å². The van der Waals surface area contributed by atoms with Gasteiger partial charge in [0.1, 0.15) is 6.61 Å². The average Bonchev–Trinajstić information content (AvgIpc) is 2.48. The van der Waals surface area contributed by atoms with Gasteiger partial charge in [-0.15, -0.1) is 0 Å². The number of aryl methyl sites for hydroxylation is 1. The first-order chi connectivity index (χ1) is 10.1. The highest BCUT2D eigenvalue weighted by Crippen LogP contribution is 2.22. The zero-order chi connectivity index (χ0) is 15.2. The Labute approximate surface area is 128 Å². The second-order valence-corrected chi connectivity index (χ2v) is 4.83. The summed E-state index contributed by atoms with van der Waals surface area (Å²) in [5.74, 6) is 5.11. The Morgan fingerprint density at radius 2 is 2.05 bits per heavy atom. The Hall–Kier alpha value is -2.28. The number of amides is 1. The summed E-state index contributed by atoms with van der Waals surface area (Å²) in [7, 11) is 0. The standard InChI is InChI=1S/C17H14ClNO2/c1-12-8-9-13(5-4-10-20)11-14(12)17(21)19-16-7-3-2-6-15(16)18/h2-3,6-9,11,20H,10H2,1H3,(H,19,21). The summed E-state index contributed by atoms with van der Waals surface area (Å²) < 4.78 is 0. The third-order valence-electron chi connectivity index (χ3n) is 2.92. The summed E-state index contributed by atoms with van der Waals surface area (Å²) in [6.45, 7) is 1.64. The number of nitrogens with one attached hydrogen (secondary N) is 1. The molecule has 0 aliphatic heterocycles. The number of hydrogen-bond donors (Lipinski definition) is 2. The highest BCUT2D eigenvalue weighted by molar-refractivity contribution is 6.33. The predicted molar refractivity (Wildman–Crippen MR) is 84.5 cm³/mol. The lowest BCUT2D eigenvalue weighted by molar-refractivity contribution is 0.102. The lowest BCUT2D eigenvalue weighted by atomic mass is 10.0. The van der Waals surface area contributed by atoms with Crippen LogP contribution in [0.25, 0.3) is 0 Å². The van der Waals surface area contributed by atoms with E-state index in [0.29, 0.717) is 21.8 Å². The molecule has 0 fully saturated rings. The normalized spacial score (nSPS) is 9.67. The van der Waals surface area contributed by atoms with Gasteiger partial charge >= 0.3 is 0 Å². The fraction of sp³-hybridized carbons (Fsp3) is 0.118. The minimum absolute atomic E-state index is 0.213. The fourth-order valence-corrected chi connectivity index (χ4v) is 2.02. The first-order valence-corrected chi connectivity index (χ1v) is 6.76. The molecule has 21 heavy (non-hydrogen) atoms. The maximum Gasteiger partial charge on any atom is 0.256 e. The van der Waals surface area contributed by atoms with Crippen molar-refractivity contribution in [3.8, 4) is 11.8 Å². The largest absolute Gasteiger partial charge is 0.384 e. The molecular formula is C17H14ClNO2. The molecule has 0 spiro atoms. The van der Waals surface area contributed by atoms with Crippen LogP contribution >= 0.6 is 11.6 Å². The topological polar surface area (TPSA) is 49.3 Å². The maximum absolute atomic E-state index is 12.3. The number of rotatable bonds is 2. The van der Waals surface area contributed by atoms with Crippen molar-refractivity contribution in [3.63, 3.8) is 0 Å². The van der Waals surface area contributed by atoms with Crippen LogP contribution in [-0.4, -0.2) is 17.6 Å². The number of aliphatic hydroxyl groups is 1. The number of hydrogen-bond acceptors (Lipinski definition) is 2. The van der Waals surface area contributed by atoms with Crippen molar-refractivity contribution < 1.29 is 9.90 Å². The molecule has 0 aliphatic carbocycles. The van der Waals surface area contributed by atoms with Crippen molar-refractivity contribution in [1.29, 1.82) is 0 Å². The Balaban J connectivity index is 2.28. The van der Waals surface area contributed by atoms with Crippen LogP contribution in [0.15, 0.2) is 42.5 Å². The molecule has 1 amide bonds. The Morgan fingerprint density at radius 3 is 2.76 bits per heavy atom. The van der Waals surface area contributed by atoms with Gasteiger partial charge in [-0.2, -0.15) is 0 Å². The molecule has 2 aromatic rings. The van der Waals surface area contributed by atoms with E-state index >= 15 is 0 Å². The quantitative estimate of drug-likeness (QED) is 0.836. The summed E-state index contributed by atoms with van der Waals surface area (Å²) in [6, 6.07) is 12.4. The van der Waals surface area contributed by atoms with Crippen LogP contribution in [0.5, 0.6) is 0 Å². The molecule has 0 aliphatic rings. The Kier molecular flexibility index (Phi) is 4.99. The molecule has 3 nitrogen and oxygen atoms in total. The number of anilines is 1. The first kappa shape index (κ1) is 15.1. The lowest BCUT2D eigenvalue weighted by Gasteiger charge is -2.09. The van der Waals surface area contributed by atoms with Gasteiger partial charge in [-0.1, -0.05) is 41.6 Å². The van der Waals surface area contributed by atoms with Crippen molar-refractivity contribution in [2.24, 2.45) is 0 Å². The molecule has 2 N–H and O–H groups in total. The minimum atomic E-state index is -0.242. The van der Waals surface area contributed by atoms with E-state index in [0.717, 1.165) is 5.56 Å². The van der Waals surface area contributed by atoms with Gasteiger partial charge in [0, 0.05) is 11.1 Å². The third kappa shape index (κ3) is 3.85. The van der Waals surface area contributed by atoms with Gasteiger partial charge in [0.15, 0.2) is 0 Å². The molecule has 0 bridgehead atoms. The number of benzene rings is 2. The summed E-state index contributed by atoms with van der Waals surface area (Å²) in [6.07, 6.45) is 0. The average molecular weight is 300 g/mol. The minimum Gasteiger partial charge on any atom is -0.384 e. The van der Waals surface area contributed by atoms with E-state index in [1.165, 1.54) is 0 Å². The van der Waals surface area contributed by atoms with Gasteiger partial charge in [0.05, 0.1) is 10.7 Å². The molecule has 0 saturated heterocycles. The Bertz CT molecular complexity index is 729. The molecule has 0 radical (unpaired) electrons. The highest BCUT2D eigenvalue weighted by atomic mass is 35.5. The monoisotopic (exact) mass is 299 g/mol. The lowest BCUT2D eigenvalue weighted by Crippen LogP contribution is -2.13. The zero-order valence-electron chi connectivity index (χ0n) is 11.5. The maximum atomic E-state index is 12.3. The number of halogens is 1. The first-order valence-electron chi connectivity index (χ1n) is 6.38. The summed E-state index contributed by atoms with van der Waals surface area (Å²) in [5.41, 5.74) is 2.61. The summed E-state index contributed by atoms with van der Waals surface area (Å²) >= 11 is 6.03. The van der Waals surface area contributed by atoms with Crippen LogP contribution in [0.2, 0.25) is 5.02 Å². The summed E-state index contributed by atoms with van der Waals surface area (Å²) in [4.78, 5) is 12.3.